The molecule has 1 unspecified atom stereocenters. The van der Waals surface area contributed by atoms with Gasteiger partial charge in [0.05, 0.1) is 20.8 Å². The molecular formula is C23H34IN5O3. The Morgan fingerprint density at radius 3 is 2.62 bits per heavy atom. The fourth-order valence-electron chi connectivity index (χ4n) is 3.68. The number of pyridine rings is 1. The molecule has 1 aliphatic rings. The first kappa shape index (κ1) is 26.0. The van der Waals surface area contributed by atoms with Crippen LogP contribution in [0, 0.1) is 0 Å². The summed E-state index contributed by atoms with van der Waals surface area (Å²) >= 11 is 0. The SMILES string of the molecule is CCNC(=NCC(O)c1cc(OC)ccc1OC)NC1CCN(c2ccccn2)CC1.I. The largest absolute Gasteiger partial charge is 0.497 e. The van der Waals surface area contributed by atoms with Gasteiger partial charge in [-0.3, -0.25) is 4.99 Å². The third-order valence-corrected chi connectivity index (χ3v) is 5.37. The zero-order chi connectivity index (χ0) is 22.1. The maximum atomic E-state index is 10.7. The van der Waals surface area contributed by atoms with Gasteiger partial charge in [-0.1, -0.05) is 6.07 Å². The van der Waals surface area contributed by atoms with Crippen molar-refractivity contribution in [2.45, 2.75) is 31.9 Å². The van der Waals surface area contributed by atoms with E-state index in [-0.39, 0.29) is 30.5 Å². The van der Waals surface area contributed by atoms with Crippen molar-refractivity contribution in [3.8, 4) is 11.5 Å². The third-order valence-electron chi connectivity index (χ3n) is 5.37. The highest BCUT2D eigenvalue weighted by Crippen LogP contribution is 2.29. The van der Waals surface area contributed by atoms with Gasteiger partial charge in [-0.25, -0.2) is 4.98 Å². The Hall–Kier alpha value is -2.27. The van der Waals surface area contributed by atoms with Crippen LogP contribution in [0.3, 0.4) is 0 Å². The smallest absolute Gasteiger partial charge is 0.191 e. The number of hydrogen-bond donors (Lipinski definition) is 3. The number of piperidine rings is 1. The highest BCUT2D eigenvalue weighted by molar-refractivity contribution is 14.0. The van der Waals surface area contributed by atoms with E-state index in [1.54, 1.807) is 32.4 Å². The number of aromatic nitrogens is 1. The second kappa shape index (κ2) is 13.3. The molecule has 8 nitrogen and oxygen atoms in total. The van der Waals surface area contributed by atoms with E-state index in [0.29, 0.717) is 29.1 Å². The summed E-state index contributed by atoms with van der Waals surface area (Å²) in [7, 11) is 3.19. The van der Waals surface area contributed by atoms with Gasteiger partial charge in [-0.2, -0.15) is 0 Å². The number of nitrogens with zero attached hydrogens (tertiary/aromatic N) is 3. The highest BCUT2D eigenvalue weighted by Gasteiger charge is 2.21. The average molecular weight is 555 g/mol. The maximum absolute atomic E-state index is 10.7. The van der Waals surface area contributed by atoms with E-state index < -0.39 is 6.10 Å². The molecule has 1 atom stereocenters. The minimum Gasteiger partial charge on any atom is -0.497 e. The summed E-state index contributed by atoms with van der Waals surface area (Å²) in [6.07, 6.45) is 3.02. The Morgan fingerprint density at radius 1 is 1.22 bits per heavy atom. The number of aliphatic hydroxyl groups is 1. The molecule has 0 radical (unpaired) electrons. The Labute approximate surface area is 207 Å². The Balaban J connectivity index is 0.00000363. The number of anilines is 1. The zero-order valence-corrected chi connectivity index (χ0v) is 21.3. The van der Waals surface area contributed by atoms with Crippen LogP contribution in [0.15, 0.2) is 47.6 Å². The lowest BCUT2D eigenvalue weighted by atomic mass is 10.1. The van der Waals surface area contributed by atoms with E-state index >= 15 is 0 Å². The molecule has 9 heteroatoms. The lowest BCUT2D eigenvalue weighted by Crippen LogP contribution is -2.49. The number of benzene rings is 1. The zero-order valence-electron chi connectivity index (χ0n) is 19.0. The van der Waals surface area contributed by atoms with E-state index in [4.69, 9.17) is 9.47 Å². The van der Waals surface area contributed by atoms with E-state index in [9.17, 15) is 5.11 Å². The van der Waals surface area contributed by atoms with Crippen molar-refractivity contribution in [1.29, 1.82) is 0 Å². The first-order valence-corrected chi connectivity index (χ1v) is 10.8. The molecule has 32 heavy (non-hydrogen) atoms. The molecule has 176 valence electrons. The minimum atomic E-state index is -0.800. The summed E-state index contributed by atoms with van der Waals surface area (Å²) in [6, 6.07) is 11.7. The quantitative estimate of drug-likeness (QED) is 0.262. The molecule has 3 rings (SSSR count). The topological polar surface area (TPSA) is 91.2 Å². The number of aliphatic imine (C=N–C) groups is 1. The lowest BCUT2D eigenvalue weighted by molar-refractivity contribution is 0.182. The van der Waals surface area contributed by atoms with Gasteiger partial charge in [-0.15, -0.1) is 24.0 Å². The second-order valence-electron chi connectivity index (χ2n) is 7.44. The second-order valence-corrected chi connectivity index (χ2v) is 7.44. The van der Waals surface area contributed by atoms with Crippen molar-refractivity contribution < 1.29 is 14.6 Å². The highest BCUT2D eigenvalue weighted by atomic mass is 127. The summed E-state index contributed by atoms with van der Waals surface area (Å²) in [4.78, 5) is 11.4. The molecule has 1 aliphatic heterocycles. The lowest BCUT2D eigenvalue weighted by Gasteiger charge is -2.33. The van der Waals surface area contributed by atoms with Gasteiger partial charge in [0.15, 0.2) is 5.96 Å². The number of ether oxygens (including phenoxy) is 2. The number of aliphatic hydroxyl groups excluding tert-OH is 1. The molecule has 1 fully saturated rings. The van der Waals surface area contributed by atoms with Crippen molar-refractivity contribution in [1.82, 2.24) is 15.6 Å². The summed E-state index contributed by atoms with van der Waals surface area (Å²) in [5.41, 5.74) is 0.658. The molecule has 3 N–H and O–H groups in total. The molecule has 0 saturated carbocycles. The van der Waals surface area contributed by atoms with Crippen molar-refractivity contribution >= 4 is 35.8 Å². The van der Waals surface area contributed by atoms with Gasteiger partial charge in [0.25, 0.3) is 0 Å². The fourth-order valence-corrected chi connectivity index (χ4v) is 3.68. The summed E-state index contributed by atoms with van der Waals surface area (Å²) < 4.78 is 10.7. The van der Waals surface area contributed by atoms with Gasteiger partial charge in [-0.05, 0) is 50.1 Å². The predicted molar refractivity (Wildman–Crippen MR) is 139 cm³/mol. The molecule has 1 aromatic carbocycles. The van der Waals surface area contributed by atoms with Gasteiger partial charge in [0.1, 0.15) is 23.4 Å². The molecule has 0 spiro atoms. The molecule has 0 aliphatic carbocycles. The number of nitrogens with one attached hydrogen (secondary N) is 2. The van der Waals surface area contributed by atoms with Crippen molar-refractivity contribution in [3.05, 3.63) is 48.2 Å². The van der Waals surface area contributed by atoms with Crippen LogP contribution >= 0.6 is 24.0 Å². The molecule has 1 saturated heterocycles. The van der Waals surface area contributed by atoms with Crippen molar-refractivity contribution in [2.24, 2.45) is 4.99 Å². The van der Waals surface area contributed by atoms with Crippen molar-refractivity contribution in [3.63, 3.8) is 0 Å². The van der Waals surface area contributed by atoms with Crippen LogP contribution in [-0.4, -0.2) is 62.5 Å². The monoisotopic (exact) mass is 555 g/mol. The van der Waals surface area contributed by atoms with Crippen LogP contribution in [-0.2, 0) is 0 Å². The molecule has 2 heterocycles. The van der Waals surface area contributed by atoms with Gasteiger partial charge < -0.3 is 30.1 Å². The van der Waals surface area contributed by atoms with E-state index in [2.05, 4.69) is 25.5 Å². The molecule has 1 aromatic heterocycles. The Kier molecular flexibility index (Phi) is 10.8. The minimum absolute atomic E-state index is 0. The summed E-state index contributed by atoms with van der Waals surface area (Å²) in [5, 5.41) is 17.5. The van der Waals surface area contributed by atoms with Crippen molar-refractivity contribution in [2.75, 3.05) is 45.3 Å². The summed E-state index contributed by atoms with van der Waals surface area (Å²) in [6.45, 7) is 4.88. The Bertz CT molecular complexity index is 845. The predicted octanol–water partition coefficient (Wildman–Crippen LogP) is 2.97. The van der Waals surface area contributed by atoms with Crippen LogP contribution in [0.4, 0.5) is 5.82 Å². The van der Waals surface area contributed by atoms with Gasteiger partial charge in [0, 0.05) is 37.4 Å². The third kappa shape index (κ3) is 7.13. The fraction of sp³-hybridized carbons (Fsp3) is 0.478. The van der Waals surface area contributed by atoms with Gasteiger partial charge in [0.2, 0.25) is 0 Å². The number of rotatable bonds is 8. The van der Waals surface area contributed by atoms with Crippen LogP contribution < -0.4 is 25.0 Å². The molecular weight excluding hydrogens is 521 g/mol. The molecule has 2 aromatic rings. The molecule has 0 amide bonds. The maximum Gasteiger partial charge on any atom is 0.191 e. The van der Waals surface area contributed by atoms with Crippen LogP contribution in [0.2, 0.25) is 0 Å². The van der Waals surface area contributed by atoms with Crippen LogP contribution in [0.25, 0.3) is 0 Å². The van der Waals surface area contributed by atoms with Crippen LogP contribution in [0.5, 0.6) is 11.5 Å². The first-order valence-electron chi connectivity index (χ1n) is 10.8. The van der Waals surface area contributed by atoms with E-state index in [1.165, 1.54) is 0 Å². The van der Waals surface area contributed by atoms with Gasteiger partial charge >= 0.3 is 0 Å². The van der Waals surface area contributed by atoms with E-state index in [0.717, 1.165) is 38.3 Å². The Morgan fingerprint density at radius 2 is 2.00 bits per heavy atom. The number of methoxy groups -OCH3 is 2. The number of guanidine groups is 1. The van der Waals surface area contributed by atoms with E-state index in [1.807, 2.05) is 31.3 Å². The van der Waals surface area contributed by atoms with Crippen LogP contribution in [0.1, 0.15) is 31.4 Å². The summed E-state index contributed by atoms with van der Waals surface area (Å²) in [5.74, 6) is 3.02. The number of hydrogen-bond acceptors (Lipinski definition) is 6. The average Bonchev–Trinajstić information content (AvgIpc) is 2.83. The normalized spacial score (nSPS) is 15.5. The standard InChI is InChI=1S/C23H33N5O3.HI/c1-4-24-23(26-16-20(29)19-15-18(30-2)8-9-21(19)31-3)27-17-10-13-28(14-11-17)22-7-5-6-12-25-22;/h5-9,12,15,17,20,29H,4,10-11,13-14,16H2,1-3H3,(H2,24,26,27);1H. The molecule has 0 bridgehead atoms. The first-order chi connectivity index (χ1) is 15.1. The number of halogens is 1.